The molecule has 0 unspecified atom stereocenters. The summed E-state index contributed by atoms with van der Waals surface area (Å²) in [4.78, 5) is 22.8. The fourth-order valence-electron chi connectivity index (χ4n) is 2.29. The van der Waals surface area contributed by atoms with E-state index in [9.17, 15) is 9.59 Å². The predicted molar refractivity (Wildman–Crippen MR) is 84.6 cm³/mol. The van der Waals surface area contributed by atoms with E-state index in [1.54, 1.807) is 6.07 Å². The van der Waals surface area contributed by atoms with Gasteiger partial charge in [-0.25, -0.2) is 9.59 Å². The molecule has 1 saturated carbocycles. The third-order valence-electron chi connectivity index (χ3n) is 4.18. The molecule has 0 bridgehead atoms. The Morgan fingerprint density at radius 2 is 2.05 bits per heavy atom. The lowest BCUT2D eigenvalue weighted by Gasteiger charge is -2.20. The van der Waals surface area contributed by atoms with E-state index in [2.05, 4.69) is 40.4 Å². The van der Waals surface area contributed by atoms with Crippen LogP contribution in [0, 0.1) is 11.3 Å². The van der Waals surface area contributed by atoms with E-state index in [4.69, 9.17) is 5.11 Å². The van der Waals surface area contributed by atoms with Crippen molar-refractivity contribution in [2.45, 2.75) is 26.7 Å². The number of benzene rings is 1. The van der Waals surface area contributed by atoms with E-state index >= 15 is 0 Å². The first kappa shape index (κ1) is 15.8. The highest BCUT2D eigenvalue weighted by Gasteiger charge is 2.45. The number of carbonyl (C=O) groups excluding carboxylic acids is 1. The van der Waals surface area contributed by atoms with Crippen molar-refractivity contribution in [2.24, 2.45) is 11.3 Å². The highest BCUT2D eigenvalue weighted by Crippen LogP contribution is 2.51. The van der Waals surface area contributed by atoms with E-state index in [-0.39, 0.29) is 17.0 Å². The Morgan fingerprint density at radius 1 is 1.38 bits per heavy atom. The summed E-state index contributed by atoms with van der Waals surface area (Å²) in [7, 11) is 0. The van der Waals surface area contributed by atoms with Crippen LogP contribution in [-0.2, 0) is 0 Å². The van der Waals surface area contributed by atoms with Crippen LogP contribution < -0.4 is 10.6 Å². The first-order valence-electron chi connectivity index (χ1n) is 6.92. The molecule has 1 aromatic rings. The van der Waals surface area contributed by atoms with Crippen molar-refractivity contribution in [1.82, 2.24) is 5.32 Å². The number of anilines is 1. The summed E-state index contributed by atoms with van der Waals surface area (Å²) < 4.78 is 0.544. The normalized spacial score (nSPS) is 15.6. The van der Waals surface area contributed by atoms with Crippen molar-refractivity contribution in [3.05, 3.63) is 28.2 Å². The van der Waals surface area contributed by atoms with E-state index in [1.165, 1.54) is 12.1 Å². The van der Waals surface area contributed by atoms with Gasteiger partial charge in [0.15, 0.2) is 0 Å². The molecule has 5 nitrogen and oxygen atoms in total. The molecule has 1 aromatic carbocycles. The Hall–Kier alpha value is -1.56. The SMILES string of the molecule is CC(C)C1(CNC(=O)Nc2ccc(C(=O)O)cc2Br)CC1. The number of carboxylic acid groups (broad SMARTS) is 1. The molecule has 21 heavy (non-hydrogen) atoms. The number of rotatable bonds is 5. The molecule has 114 valence electrons. The Labute approximate surface area is 132 Å². The number of urea groups is 1. The second-order valence-corrected chi connectivity index (χ2v) is 6.68. The maximum Gasteiger partial charge on any atom is 0.335 e. The summed E-state index contributed by atoms with van der Waals surface area (Å²) in [5.74, 6) is -0.446. The van der Waals surface area contributed by atoms with Crippen molar-refractivity contribution in [3.63, 3.8) is 0 Å². The lowest BCUT2D eigenvalue weighted by molar-refractivity contribution is 0.0697. The van der Waals surface area contributed by atoms with Crippen LogP contribution in [0.3, 0.4) is 0 Å². The molecule has 0 saturated heterocycles. The van der Waals surface area contributed by atoms with Gasteiger partial charge in [0.2, 0.25) is 0 Å². The number of carboxylic acids is 1. The zero-order valence-corrected chi connectivity index (χ0v) is 13.7. The van der Waals surface area contributed by atoms with Crippen LogP contribution in [0.25, 0.3) is 0 Å². The standard InChI is InChI=1S/C15H19BrN2O3/c1-9(2)15(5-6-15)8-17-14(21)18-12-4-3-10(13(19)20)7-11(12)16/h3-4,7,9H,5-6,8H2,1-2H3,(H,19,20)(H2,17,18,21). The molecular formula is C15H19BrN2O3. The smallest absolute Gasteiger partial charge is 0.335 e. The lowest BCUT2D eigenvalue weighted by Crippen LogP contribution is -2.35. The largest absolute Gasteiger partial charge is 0.478 e. The number of aromatic carboxylic acids is 1. The van der Waals surface area contributed by atoms with Gasteiger partial charge in [-0.2, -0.15) is 0 Å². The van der Waals surface area contributed by atoms with E-state index in [1.807, 2.05) is 0 Å². The summed E-state index contributed by atoms with van der Waals surface area (Å²) in [5.41, 5.74) is 0.971. The molecule has 0 radical (unpaired) electrons. The van der Waals surface area contributed by atoms with E-state index in [0.717, 1.165) is 12.8 Å². The highest BCUT2D eigenvalue weighted by atomic mass is 79.9. The molecular weight excluding hydrogens is 336 g/mol. The number of hydrogen-bond acceptors (Lipinski definition) is 2. The van der Waals surface area contributed by atoms with Crippen molar-refractivity contribution >= 4 is 33.6 Å². The second kappa shape index (κ2) is 6.05. The molecule has 1 aliphatic rings. The molecule has 0 atom stereocenters. The molecule has 3 N–H and O–H groups in total. The van der Waals surface area contributed by atoms with Crippen LogP contribution in [0.5, 0.6) is 0 Å². The van der Waals surface area contributed by atoms with Gasteiger partial charge < -0.3 is 15.7 Å². The van der Waals surface area contributed by atoms with Crippen LogP contribution in [0.1, 0.15) is 37.0 Å². The van der Waals surface area contributed by atoms with Gasteiger partial charge in [0, 0.05) is 11.0 Å². The Kier molecular flexibility index (Phi) is 4.56. The summed E-state index contributed by atoms with van der Waals surface area (Å²) >= 11 is 3.26. The molecule has 2 amide bonds. The quantitative estimate of drug-likeness (QED) is 0.754. The summed E-state index contributed by atoms with van der Waals surface area (Å²) in [6.45, 7) is 5.02. The summed E-state index contributed by atoms with van der Waals surface area (Å²) in [6, 6.07) is 4.22. The van der Waals surface area contributed by atoms with Crippen molar-refractivity contribution in [1.29, 1.82) is 0 Å². The predicted octanol–water partition coefficient (Wildman–Crippen LogP) is 3.71. The first-order valence-corrected chi connectivity index (χ1v) is 7.71. The van der Waals surface area contributed by atoms with Gasteiger partial charge in [-0.15, -0.1) is 0 Å². The highest BCUT2D eigenvalue weighted by molar-refractivity contribution is 9.10. The third-order valence-corrected chi connectivity index (χ3v) is 4.84. The Balaban J connectivity index is 1.92. The van der Waals surface area contributed by atoms with Gasteiger partial charge in [-0.05, 0) is 58.3 Å². The molecule has 1 aliphatic carbocycles. The zero-order chi connectivity index (χ0) is 15.6. The minimum Gasteiger partial charge on any atom is -0.478 e. The van der Waals surface area contributed by atoms with Gasteiger partial charge in [-0.3, -0.25) is 0 Å². The van der Waals surface area contributed by atoms with Crippen molar-refractivity contribution in [3.8, 4) is 0 Å². The summed E-state index contributed by atoms with van der Waals surface area (Å²) in [6.07, 6.45) is 2.31. The van der Waals surface area contributed by atoms with Gasteiger partial charge in [-0.1, -0.05) is 13.8 Å². The number of halogens is 1. The van der Waals surface area contributed by atoms with Crippen LogP contribution in [0.2, 0.25) is 0 Å². The molecule has 0 spiro atoms. The first-order chi connectivity index (χ1) is 9.84. The third kappa shape index (κ3) is 3.75. The van der Waals surface area contributed by atoms with Crippen LogP contribution >= 0.6 is 15.9 Å². The van der Waals surface area contributed by atoms with Crippen molar-refractivity contribution in [2.75, 3.05) is 11.9 Å². The number of hydrogen-bond donors (Lipinski definition) is 3. The number of amides is 2. The van der Waals surface area contributed by atoms with Gasteiger partial charge >= 0.3 is 12.0 Å². The fourth-order valence-corrected chi connectivity index (χ4v) is 2.77. The molecule has 1 fully saturated rings. The number of nitrogens with one attached hydrogen (secondary N) is 2. The van der Waals surface area contributed by atoms with E-state index in [0.29, 0.717) is 22.6 Å². The summed E-state index contributed by atoms with van der Waals surface area (Å²) in [5, 5.41) is 14.5. The fraction of sp³-hybridized carbons (Fsp3) is 0.467. The Morgan fingerprint density at radius 3 is 2.52 bits per heavy atom. The molecule has 2 rings (SSSR count). The van der Waals surface area contributed by atoms with Gasteiger partial charge in [0.25, 0.3) is 0 Å². The van der Waals surface area contributed by atoms with E-state index < -0.39 is 5.97 Å². The monoisotopic (exact) mass is 354 g/mol. The molecule has 0 aliphatic heterocycles. The van der Waals surface area contributed by atoms with Crippen LogP contribution in [0.15, 0.2) is 22.7 Å². The second-order valence-electron chi connectivity index (χ2n) is 5.82. The maximum atomic E-state index is 11.9. The van der Waals surface area contributed by atoms with Crippen LogP contribution in [-0.4, -0.2) is 23.7 Å². The van der Waals surface area contributed by atoms with Crippen LogP contribution in [0.4, 0.5) is 10.5 Å². The minimum absolute atomic E-state index is 0.171. The van der Waals surface area contributed by atoms with Gasteiger partial charge in [0.1, 0.15) is 0 Å². The average molecular weight is 355 g/mol. The average Bonchev–Trinajstić information content (AvgIpc) is 3.20. The van der Waals surface area contributed by atoms with Crippen molar-refractivity contribution < 1.29 is 14.7 Å². The number of carbonyl (C=O) groups is 2. The molecule has 6 heteroatoms. The van der Waals surface area contributed by atoms with Gasteiger partial charge in [0.05, 0.1) is 11.3 Å². The molecule has 0 aromatic heterocycles. The minimum atomic E-state index is -1.00. The Bertz CT molecular complexity index is 568. The topological polar surface area (TPSA) is 78.4 Å². The zero-order valence-electron chi connectivity index (χ0n) is 12.1. The maximum absolute atomic E-state index is 11.9. The molecule has 0 heterocycles. The lowest BCUT2D eigenvalue weighted by atomic mass is 9.92.